The molecule has 0 radical (unpaired) electrons. The highest BCUT2D eigenvalue weighted by Gasteiger charge is 2.46. The molecule has 2 unspecified atom stereocenters. The minimum atomic E-state index is -0.985. The number of carboxylic acids is 1. The number of piperidine rings is 1. The van der Waals surface area contributed by atoms with Crippen molar-refractivity contribution in [3.63, 3.8) is 0 Å². The highest BCUT2D eigenvalue weighted by molar-refractivity contribution is 5.87. The molecule has 2 N–H and O–H groups in total. The number of benzene rings is 2. The van der Waals surface area contributed by atoms with Gasteiger partial charge in [-0.3, -0.25) is 0 Å². The predicted octanol–water partition coefficient (Wildman–Crippen LogP) is 5.24. The zero-order valence-corrected chi connectivity index (χ0v) is 22.2. The number of hydrogen-bond donors (Lipinski definition) is 2. The highest BCUT2D eigenvalue weighted by Crippen LogP contribution is 2.45. The van der Waals surface area contributed by atoms with Crippen molar-refractivity contribution in [3.05, 3.63) is 71.0 Å². The maximum absolute atomic E-state index is 13.4. The summed E-state index contributed by atoms with van der Waals surface area (Å²) < 4.78 is 19.1. The summed E-state index contributed by atoms with van der Waals surface area (Å²) in [6, 6.07) is 12.8. The number of urea groups is 1. The van der Waals surface area contributed by atoms with Crippen molar-refractivity contribution in [1.29, 1.82) is 0 Å². The number of carbonyl (C=O) groups is 3. The van der Waals surface area contributed by atoms with Crippen LogP contribution in [0.15, 0.2) is 48.5 Å². The number of hydrogen-bond acceptors (Lipinski definition) is 4. The first-order valence-electron chi connectivity index (χ1n) is 13.1. The Balaban J connectivity index is 1.30. The molecule has 2 aliphatic rings. The summed E-state index contributed by atoms with van der Waals surface area (Å²) in [5.41, 5.74) is 1.45. The molecule has 2 fully saturated rings. The molecular weight excluding hydrogens is 489 g/mol. The molecule has 1 aliphatic heterocycles. The van der Waals surface area contributed by atoms with Crippen LogP contribution in [0.3, 0.4) is 0 Å². The first kappa shape index (κ1) is 27.4. The van der Waals surface area contributed by atoms with E-state index in [9.17, 15) is 18.8 Å². The summed E-state index contributed by atoms with van der Waals surface area (Å²) in [4.78, 5) is 40.4. The Kier molecular flexibility index (Phi) is 8.23. The molecule has 38 heavy (non-hydrogen) atoms. The van der Waals surface area contributed by atoms with Crippen molar-refractivity contribution in [2.75, 3.05) is 19.6 Å². The van der Waals surface area contributed by atoms with Gasteiger partial charge in [0.2, 0.25) is 0 Å². The number of aromatic carboxylic acids is 1. The van der Waals surface area contributed by atoms with Crippen LogP contribution in [0.4, 0.5) is 14.0 Å². The number of halogens is 1. The van der Waals surface area contributed by atoms with Gasteiger partial charge in [0.1, 0.15) is 11.4 Å². The van der Waals surface area contributed by atoms with Gasteiger partial charge in [-0.2, -0.15) is 0 Å². The number of amides is 3. The lowest BCUT2D eigenvalue weighted by Gasteiger charge is -2.35. The lowest BCUT2D eigenvalue weighted by Crippen LogP contribution is -2.47. The van der Waals surface area contributed by atoms with Crippen LogP contribution < -0.4 is 5.32 Å². The van der Waals surface area contributed by atoms with Crippen LogP contribution in [-0.2, 0) is 11.3 Å². The third-order valence-electron chi connectivity index (χ3n) is 7.08. The Morgan fingerprint density at radius 1 is 1.05 bits per heavy atom. The van der Waals surface area contributed by atoms with E-state index in [2.05, 4.69) is 5.32 Å². The van der Waals surface area contributed by atoms with Gasteiger partial charge < -0.3 is 25.0 Å². The van der Waals surface area contributed by atoms with Gasteiger partial charge in [0.05, 0.1) is 5.56 Å². The summed E-state index contributed by atoms with van der Waals surface area (Å²) in [5, 5.41) is 11.9. The lowest BCUT2D eigenvalue weighted by atomic mass is 9.96. The van der Waals surface area contributed by atoms with Gasteiger partial charge in [0.15, 0.2) is 0 Å². The van der Waals surface area contributed by atoms with Crippen LogP contribution in [0.25, 0.3) is 0 Å². The molecule has 3 amide bonds. The Labute approximate surface area is 222 Å². The number of nitrogens with zero attached hydrogens (tertiary/aromatic N) is 2. The molecule has 2 atom stereocenters. The van der Waals surface area contributed by atoms with Crippen molar-refractivity contribution in [3.8, 4) is 0 Å². The number of carboxylic acid groups (broad SMARTS) is 1. The molecule has 0 aromatic heterocycles. The summed E-state index contributed by atoms with van der Waals surface area (Å²) in [7, 11) is 0. The second kappa shape index (κ2) is 11.4. The van der Waals surface area contributed by atoms with E-state index in [1.165, 1.54) is 24.3 Å². The maximum atomic E-state index is 13.4. The third kappa shape index (κ3) is 7.24. The topological polar surface area (TPSA) is 99.2 Å². The number of carbonyl (C=O) groups excluding carboxylic acids is 2. The molecular formula is C29H36FN3O5. The largest absolute Gasteiger partial charge is 0.478 e. The van der Waals surface area contributed by atoms with Gasteiger partial charge in [-0.1, -0.05) is 24.3 Å². The van der Waals surface area contributed by atoms with Crippen LogP contribution in [0, 0.1) is 11.7 Å². The molecule has 1 saturated carbocycles. The lowest BCUT2D eigenvalue weighted by molar-refractivity contribution is 0.0176. The van der Waals surface area contributed by atoms with Crippen LogP contribution in [-0.4, -0.2) is 64.3 Å². The van der Waals surface area contributed by atoms with Crippen LogP contribution in [0.1, 0.15) is 67.4 Å². The number of rotatable bonds is 7. The Hall–Kier alpha value is -3.62. The van der Waals surface area contributed by atoms with E-state index in [4.69, 9.17) is 9.84 Å². The van der Waals surface area contributed by atoms with Gasteiger partial charge in [0, 0.05) is 38.1 Å². The number of nitrogens with one attached hydrogen (secondary N) is 1. The molecule has 4 rings (SSSR count). The normalized spacial score (nSPS) is 19.5. The molecule has 8 nitrogen and oxygen atoms in total. The molecule has 0 spiro atoms. The zero-order valence-electron chi connectivity index (χ0n) is 22.2. The van der Waals surface area contributed by atoms with Gasteiger partial charge in [-0.25, -0.2) is 18.8 Å². The average Bonchev–Trinajstić information content (AvgIpc) is 3.66. The number of likely N-dealkylation sites (tertiary alicyclic amines) is 1. The minimum Gasteiger partial charge on any atom is -0.478 e. The fourth-order valence-electron chi connectivity index (χ4n) is 4.91. The van der Waals surface area contributed by atoms with E-state index in [-0.39, 0.29) is 41.4 Å². The van der Waals surface area contributed by atoms with E-state index >= 15 is 0 Å². The average molecular weight is 526 g/mol. The van der Waals surface area contributed by atoms with Crippen LogP contribution in [0.2, 0.25) is 0 Å². The second-order valence-corrected chi connectivity index (χ2v) is 11.2. The van der Waals surface area contributed by atoms with Crippen molar-refractivity contribution in [2.45, 2.75) is 64.1 Å². The summed E-state index contributed by atoms with van der Waals surface area (Å²) in [5.74, 6) is -0.855. The standard InChI is InChI=1S/C29H36FN3O5/c1-29(2,3)38-28(37)33(25-16-24(25)21-8-10-23(30)11-9-21)18-20-12-14-32(15-13-20)27(36)31-17-19-4-6-22(7-5-19)26(34)35/h4-11,20,24-25H,12-18H2,1-3H3,(H,31,36)(H,34,35). The van der Waals surface area contributed by atoms with E-state index in [1.54, 1.807) is 29.2 Å². The minimum absolute atomic E-state index is 0.0177. The van der Waals surface area contributed by atoms with Crippen LogP contribution >= 0.6 is 0 Å². The molecule has 1 saturated heterocycles. The van der Waals surface area contributed by atoms with E-state index < -0.39 is 11.6 Å². The molecule has 1 aliphatic carbocycles. The summed E-state index contributed by atoms with van der Waals surface area (Å²) in [6.07, 6.45) is 2.03. The SMILES string of the molecule is CC(C)(C)OC(=O)N(CC1CCN(C(=O)NCc2ccc(C(=O)O)cc2)CC1)C1CC1c1ccc(F)cc1. The van der Waals surface area contributed by atoms with Crippen LogP contribution in [0.5, 0.6) is 0 Å². The zero-order chi connectivity index (χ0) is 27.4. The predicted molar refractivity (Wildman–Crippen MR) is 140 cm³/mol. The Morgan fingerprint density at radius 3 is 2.26 bits per heavy atom. The molecule has 9 heteroatoms. The Morgan fingerprint density at radius 2 is 1.68 bits per heavy atom. The van der Waals surface area contributed by atoms with E-state index in [1.807, 2.05) is 25.7 Å². The maximum Gasteiger partial charge on any atom is 0.410 e. The highest BCUT2D eigenvalue weighted by atomic mass is 19.1. The van der Waals surface area contributed by atoms with E-state index in [0.29, 0.717) is 26.2 Å². The molecule has 1 heterocycles. The summed E-state index contributed by atoms with van der Waals surface area (Å²) in [6.45, 7) is 7.60. The molecule has 2 aromatic carbocycles. The summed E-state index contributed by atoms with van der Waals surface area (Å²) >= 11 is 0. The Bertz CT molecular complexity index is 1140. The van der Waals surface area contributed by atoms with Gasteiger partial charge >= 0.3 is 18.1 Å². The monoisotopic (exact) mass is 525 g/mol. The quantitative estimate of drug-likeness (QED) is 0.515. The molecule has 204 valence electrons. The smallest absolute Gasteiger partial charge is 0.410 e. The fraction of sp³-hybridized carbons (Fsp3) is 0.483. The second-order valence-electron chi connectivity index (χ2n) is 11.2. The van der Waals surface area contributed by atoms with Crippen molar-refractivity contribution < 1.29 is 28.6 Å². The first-order chi connectivity index (χ1) is 18.0. The first-order valence-corrected chi connectivity index (χ1v) is 13.1. The molecule has 2 aromatic rings. The third-order valence-corrected chi connectivity index (χ3v) is 7.08. The fourth-order valence-corrected chi connectivity index (χ4v) is 4.91. The van der Waals surface area contributed by atoms with Crippen molar-refractivity contribution in [1.82, 2.24) is 15.1 Å². The number of ether oxygens (including phenoxy) is 1. The van der Waals surface area contributed by atoms with E-state index in [0.717, 1.165) is 30.4 Å². The van der Waals surface area contributed by atoms with Gasteiger partial charge in [-0.05, 0) is 81.3 Å². The molecule has 0 bridgehead atoms. The van der Waals surface area contributed by atoms with Crippen molar-refractivity contribution >= 4 is 18.1 Å². The van der Waals surface area contributed by atoms with Crippen molar-refractivity contribution in [2.24, 2.45) is 5.92 Å². The van der Waals surface area contributed by atoms with Gasteiger partial charge in [0.25, 0.3) is 0 Å². The van der Waals surface area contributed by atoms with Gasteiger partial charge in [-0.15, -0.1) is 0 Å².